The highest BCUT2D eigenvalue weighted by Gasteiger charge is 2.29. The Morgan fingerprint density at radius 3 is 2.76 bits per heavy atom. The van der Waals surface area contributed by atoms with E-state index in [9.17, 15) is 0 Å². The lowest BCUT2D eigenvalue weighted by atomic mass is 9.75. The van der Waals surface area contributed by atoms with Crippen LogP contribution in [0.3, 0.4) is 0 Å². The first-order valence-corrected chi connectivity index (χ1v) is 7.58. The lowest BCUT2D eigenvalue weighted by Gasteiger charge is -2.35. The van der Waals surface area contributed by atoms with Crippen LogP contribution in [0, 0.1) is 17.8 Å². The minimum atomic E-state index is 0.732. The molecule has 0 aromatic heterocycles. The molecule has 1 heterocycles. The van der Waals surface area contributed by atoms with Gasteiger partial charge in [-0.25, -0.2) is 0 Å². The van der Waals surface area contributed by atoms with Crippen molar-refractivity contribution >= 4 is 0 Å². The van der Waals surface area contributed by atoms with Crippen LogP contribution in [0.15, 0.2) is 0 Å². The zero-order valence-corrected chi connectivity index (χ0v) is 11.6. The number of nitrogens with one attached hydrogen (secondary N) is 1. The summed E-state index contributed by atoms with van der Waals surface area (Å²) >= 11 is 0. The van der Waals surface area contributed by atoms with Crippen LogP contribution < -0.4 is 5.32 Å². The normalized spacial score (nSPS) is 36.0. The van der Waals surface area contributed by atoms with Crippen molar-refractivity contribution in [1.29, 1.82) is 0 Å². The Bertz CT molecular complexity index is 213. The Morgan fingerprint density at radius 2 is 2.12 bits per heavy atom. The van der Waals surface area contributed by atoms with Crippen molar-refractivity contribution in [2.45, 2.75) is 57.9 Å². The molecule has 0 radical (unpaired) electrons. The minimum Gasteiger partial charge on any atom is -0.381 e. The molecular weight excluding hydrogens is 210 g/mol. The number of rotatable bonds is 5. The van der Waals surface area contributed by atoms with Gasteiger partial charge < -0.3 is 10.1 Å². The van der Waals surface area contributed by atoms with E-state index in [4.69, 9.17) is 4.74 Å². The van der Waals surface area contributed by atoms with Gasteiger partial charge in [-0.2, -0.15) is 0 Å². The van der Waals surface area contributed by atoms with Crippen molar-refractivity contribution in [2.24, 2.45) is 17.8 Å². The molecule has 2 nitrogen and oxygen atoms in total. The quantitative estimate of drug-likeness (QED) is 0.795. The Hall–Kier alpha value is -0.0800. The van der Waals surface area contributed by atoms with Gasteiger partial charge in [0, 0.05) is 19.3 Å². The Morgan fingerprint density at radius 1 is 1.24 bits per heavy atom. The van der Waals surface area contributed by atoms with Crippen LogP contribution in [-0.2, 0) is 4.74 Å². The van der Waals surface area contributed by atoms with Gasteiger partial charge in [0.2, 0.25) is 0 Å². The second kappa shape index (κ2) is 6.75. The predicted molar refractivity (Wildman–Crippen MR) is 72.1 cm³/mol. The Kier molecular flexibility index (Phi) is 5.30. The molecule has 0 aromatic rings. The first-order chi connectivity index (χ1) is 8.33. The second-order valence-corrected chi connectivity index (χ2v) is 6.06. The maximum Gasteiger partial charge on any atom is 0.0495 e. The first-order valence-electron chi connectivity index (χ1n) is 7.58. The maximum atomic E-state index is 5.50. The van der Waals surface area contributed by atoms with Gasteiger partial charge in [-0.05, 0) is 50.5 Å². The average molecular weight is 239 g/mol. The number of hydrogen-bond acceptors (Lipinski definition) is 2. The van der Waals surface area contributed by atoms with E-state index < -0.39 is 0 Å². The fourth-order valence-corrected chi connectivity index (χ4v) is 3.74. The molecular formula is C15H29NO. The smallest absolute Gasteiger partial charge is 0.0495 e. The van der Waals surface area contributed by atoms with E-state index >= 15 is 0 Å². The molecule has 2 rings (SSSR count). The van der Waals surface area contributed by atoms with Crippen LogP contribution in [-0.4, -0.2) is 26.3 Å². The maximum absolute atomic E-state index is 5.50. The van der Waals surface area contributed by atoms with Gasteiger partial charge in [-0.3, -0.25) is 0 Å². The van der Waals surface area contributed by atoms with Crippen molar-refractivity contribution < 1.29 is 4.74 Å². The van der Waals surface area contributed by atoms with Crippen LogP contribution in [0.1, 0.15) is 51.9 Å². The second-order valence-electron chi connectivity index (χ2n) is 6.06. The van der Waals surface area contributed by atoms with Gasteiger partial charge in [0.05, 0.1) is 0 Å². The Balaban J connectivity index is 1.83. The van der Waals surface area contributed by atoms with Crippen molar-refractivity contribution in [3.05, 3.63) is 0 Å². The highest BCUT2D eigenvalue weighted by atomic mass is 16.5. The lowest BCUT2D eigenvalue weighted by molar-refractivity contribution is 0.165. The molecule has 4 atom stereocenters. The van der Waals surface area contributed by atoms with Crippen molar-refractivity contribution in [1.82, 2.24) is 5.32 Å². The summed E-state index contributed by atoms with van der Waals surface area (Å²) in [7, 11) is 2.15. The van der Waals surface area contributed by atoms with E-state index in [1.54, 1.807) is 0 Å². The zero-order chi connectivity index (χ0) is 12.1. The molecule has 2 heteroatoms. The van der Waals surface area contributed by atoms with Crippen LogP contribution in [0.2, 0.25) is 0 Å². The van der Waals surface area contributed by atoms with Gasteiger partial charge >= 0.3 is 0 Å². The molecule has 2 fully saturated rings. The van der Waals surface area contributed by atoms with E-state index in [0.717, 1.165) is 37.0 Å². The first kappa shape index (κ1) is 13.4. The molecule has 0 aromatic carbocycles. The topological polar surface area (TPSA) is 21.3 Å². The molecule has 1 aliphatic carbocycles. The molecule has 1 aliphatic heterocycles. The standard InChI is InChI=1S/C15H29NO/c1-3-12-5-4-6-14(9-12)15(16-2)10-13-7-8-17-11-13/h12-16H,3-11H2,1-2H3. The summed E-state index contributed by atoms with van der Waals surface area (Å²) < 4.78 is 5.50. The lowest BCUT2D eigenvalue weighted by Crippen LogP contribution is -2.38. The molecule has 100 valence electrons. The molecule has 1 saturated carbocycles. The minimum absolute atomic E-state index is 0.732. The van der Waals surface area contributed by atoms with Crippen LogP contribution >= 0.6 is 0 Å². The summed E-state index contributed by atoms with van der Waals surface area (Å²) in [6, 6.07) is 0.732. The molecule has 0 bridgehead atoms. The molecule has 17 heavy (non-hydrogen) atoms. The van der Waals surface area contributed by atoms with Crippen molar-refractivity contribution in [3.63, 3.8) is 0 Å². The average Bonchev–Trinajstić information content (AvgIpc) is 2.89. The largest absolute Gasteiger partial charge is 0.381 e. The third kappa shape index (κ3) is 3.69. The highest BCUT2D eigenvalue weighted by Crippen LogP contribution is 2.35. The van der Waals surface area contributed by atoms with Gasteiger partial charge in [0.1, 0.15) is 0 Å². The molecule has 2 aliphatic rings. The highest BCUT2D eigenvalue weighted by molar-refractivity contribution is 4.84. The monoisotopic (exact) mass is 239 g/mol. The zero-order valence-electron chi connectivity index (χ0n) is 11.6. The fraction of sp³-hybridized carbons (Fsp3) is 1.00. The molecule has 1 N–H and O–H groups in total. The summed E-state index contributed by atoms with van der Waals surface area (Å²) in [5, 5.41) is 3.59. The number of hydrogen-bond donors (Lipinski definition) is 1. The number of ether oxygens (including phenoxy) is 1. The molecule has 1 saturated heterocycles. The van der Waals surface area contributed by atoms with Gasteiger partial charge in [-0.15, -0.1) is 0 Å². The van der Waals surface area contributed by atoms with Crippen molar-refractivity contribution in [3.8, 4) is 0 Å². The van der Waals surface area contributed by atoms with Gasteiger partial charge in [0.25, 0.3) is 0 Å². The van der Waals surface area contributed by atoms with Crippen LogP contribution in [0.25, 0.3) is 0 Å². The van der Waals surface area contributed by atoms with Gasteiger partial charge in [0.15, 0.2) is 0 Å². The Labute approximate surface area is 107 Å². The molecule has 4 unspecified atom stereocenters. The molecule has 0 amide bonds. The van der Waals surface area contributed by atoms with Crippen LogP contribution in [0.5, 0.6) is 0 Å². The van der Waals surface area contributed by atoms with E-state index in [1.807, 2.05) is 0 Å². The predicted octanol–water partition coefficient (Wildman–Crippen LogP) is 3.22. The summed E-state index contributed by atoms with van der Waals surface area (Å²) in [6.07, 6.45) is 9.79. The fourth-order valence-electron chi connectivity index (χ4n) is 3.74. The third-order valence-electron chi connectivity index (χ3n) is 4.95. The van der Waals surface area contributed by atoms with E-state index in [0.29, 0.717) is 0 Å². The summed E-state index contributed by atoms with van der Waals surface area (Å²) in [5.41, 5.74) is 0. The summed E-state index contributed by atoms with van der Waals surface area (Å²) in [6.45, 7) is 4.34. The van der Waals surface area contributed by atoms with E-state index in [-0.39, 0.29) is 0 Å². The van der Waals surface area contributed by atoms with Gasteiger partial charge in [-0.1, -0.05) is 26.2 Å². The summed E-state index contributed by atoms with van der Waals surface area (Å²) in [4.78, 5) is 0. The van der Waals surface area contributed by atoms with E-state index in [1.165, 1.54) is 44.9 Å². The molecule has 0 spiro atoms. The van der Waals surface area contributed by atoms with Crippen LogP contribution in [0.4, 0.5) is 0 Å². The third-order valence-corrected chi connectivity index (χ3v) is 4.95. The van der Waals surface area contributed by atoms with Crippen molar-refractivity contribution in [2.75, 3.05) is 20.3 Å². The summed E-state index contributed by atoms with van der Waals surface area (Å²) in [5.74, 6) is 2.72. The van der Waals surface area contributed by atoms with E-state index in [2.05, 4.69) is 19.3 Å². The SMILES string of the molecule is CCC1CCCC(C(CC2CCOC2)NC)C1.